The van der Waals surface area contributed by atoms with Gasteiger partial charge in [0.15, 0.2) is 5.78 Å². The Morgan fingerprint density at radius 3 is 2.93 bits per heavy atom. The first kappa shape index (κ1) is 10.7. The Labute approximate surface area is 92.3 Å². The Bertz CT molecular complexity index is 324. The summed E-state index contributed by atoms with van der Waals surface area (Å²) in [6.45, 7) is 8.43. The molecule has 2 rings (SSSR count). The van der Waals surface area contributed by atoms with E-state index in [-0.39, 0.29) is 0 Å². The molecule has 0 saturated heterocycles. The van der Waals surface area contributed by atoms with Crippen molar-refractivity contribution in [1.29, 1.82) is 0 Å². The summed E-state index contributed by atoms with van der Waals surface area (Å²) < 4.78 is 0. The molecule has 0 N–H and O–H groups in total. The summed E-state index contributed by atoms with van der Waals surface area (Å²) in [7, 11) is 0. The van der Waals surface area contributed by atoms with Crippen LogP contribution in [0.25, 0.3) is 0 Å². The summed E-state index contributed by atoms with van der Waals surface area (Å²) in [6.07, 6.45) is 6.18. The average Bonchev–Trinajstić information content (AvgIpc) is 2.16. The van der Waals surface area contributed by atoms with Crippen molar-refractivity contribution < 1.29 is 4.79 Å². The maximum absolute atomic E-state index is 11.4. The van der Waals surface area contributed by atoms with Crippen LogP contribution in [-0.4, -0.2) is 5.78 Å². The SMILES string of the molecule is C=C(C)C1CCC2=CC(=O)CC(C)C2C1. The molecule has 1 nitrogen and oxygen atoms in total. The van der Waals surface area contributed by atoms with E-state index in [1.807, 2.05) is 6.08 Å². The van der Waals surface area contributed by atoms with Gasteiger partial charge in [-0.3, -0.25) is 4.79 Å². The summed E-state index contributed by atoms with van der Waals surface area (Å²) in [4.78, 5) is 11.4. The van der Waals surface area contributed by atoms with Gasteiger partial charge in [-0.1, -0.05) is 24.6 Å². The minimum atomic E-state index is 0.336. The molecule has 3 unspecified atom stereocenters. The minimum absolute atomic E-state index is 0.336. The van der Waals surface area contributed by atoms with E-state index in [1.165, 1.54) is 24.0 Å². The van der Waals surface area contributed by atoms with E-state index in [4.69, 9.17) is 0 Å². The highest BCUT2D eigenvalue weighted by atomic mass is 16.1. The van der Waals surface area contributed by atoms with Gasteiger partial charge in [0.25, 0.3) is 0 Å². The van der Waals surface area contributed by atoms with Crippen LogP contribution in [0.1, 0.15) is 39.5 Å². The summed E-state index contributed by atoms with van der Waals surface area (Å²) in [5.74, 6) is 2.21. The molecule has 0 spiro atoms. The van der Waals surface area contributed by atoms with Gasteiger partial charge in [-0.15, -0.1) is 0 Å². The van der Waals surface area contributed by atoms with E-state index >= 15 is 0 Å². The highest BCUT2D eigenvalue weighted by molar-refractivity contribution is 5.91. The average molecular weight is 204 g/mol. The lowest BCUT2D eigenvalue weighted by atomic mass is 9.67. The zero-order valence-corrected chi connectivity index (χ0v) is 9.75. The van der Waals surface area contributed by atoms with Gasteiger partial charge in [-0.05, 0) is 50.0 Å². The van der Waals surface area contributed by atoms with Gasteiger partial charge in [0.1, 0.15) is 0 Å². The Kier molecular flexibility index (Phi) is 2.81. The van der Waals surface area contributed by atoms with E-state index in [2.05, 4.69) is 20.4 Å². The molecule has 1 fully saturated rings. The van der Waals surface area contributed by atoms with Crippen molar-refractivity contribution in [2.24, 2.45) is 17.8 Å². The number of rotatable bonds is 1. The number of ketones is 1. The highest BCUT2D eigenvalue weighted by Crippen LogP contribution is 2.43. The molecule has 0 radical (unpaired) electrons. The fourth-order valence-corrected chi connectivity index (χ4v) is 3.05. The molecule has 15 heavy (non-hydrogen) atoms. The molecule has 1 heteroatoms. The molecule has 1 saturated carbocycles. The van der Waals surface area contributed by atoms with E-state index in [9.17, 15) is 4.79 Å². The molecule has 82 valence electrons. The van der Waals surface area contributed by atoms with E-state index in [1.54, 1.807) is 0 Å². The first-order valence-electron chi connectivity index (χ1n) is 5.96. The summed E-state index contributed by atoms with van der Waals surface area (Å²) in [5.41, 5.74) is 2.73. The summed E-state index contributed by atoms with van der Waals surface area (Å²) in [6, 6.07) is 0. The fourth-order valence-electron chi connectivity index (χ4n) is 3.05. The minimum Gasteiger partial charge on any atom is -0.295 e. The van der Waals surface area contributed by atoms with Crippen LogP contribution in [0.5, 0.6) is 0 Å². The van der Waals surface area contributed by atoms with Crippen molar-refractivity contribution in [3.63, 3.8) is 0 Å². The van der Waals surface area contributed by atoms with E-state index in [0.717, 1.165) is 12.8 Å². The molecule has 0 heterocycles. The third-order valence-electron chi connectivity index (χ3n) is 4.05. The van der Waals surface area contributed by atoms with Gasteiger partial charge in [-0.2, -0.15) is 0 Å². The normalized spacial score (nSPS) is 35.7. The highest BCUT2D eigenvalue weighted by Gasteiger charge is 2.33. The molecule has 0 bridgehead atoms. The van der Waals surface area contributed by atoms with Crippen LogP contribution in [0.2, 0.25) is 0 Å². The number of carbonyl (C=O) groups is 1. The predicted molar refractivity (Wildman–Crippen MR) is 62.5 cm³/mol. The molecule has 3 atom stereocenters. The van der Waals surface area contributed by atoms with Gasteiger partial charge in [-0.25, -0.2) is 0 Å². The largest absolute Gasteiger partial charge is 0.295 e. The van der Waals surface area contributed by atoms with Crippen molar-refractivity contribution in [2.75, 3.05) is 0 Å². The van der Waals surface area contributed by atoms with Crippen LogP contribution in [-0.2, 0) is 4.79 Å². The van der Waals surface area contributed by atoms with Gasteiger partial charge >= 0.3 is 0 Å². The van der Waals surface area contributed by atoms with Gasteiger partial charge < -0.3 is 0 Å². The summed E-state index contributed by atoms with van der Waals surface area (Å²) >= 11 is 0. The molecule has 0 amide bonds. The zero-order valence-electron chi connectivity index (χ0n) is 9.75. The lowest BCUT2D eigenvalue weighted by Gasteiger charge is -2.37. The Balaban J connectivity index is 2.16. The third-order valence-corrected chi connectivity index (χ3v) is 4.05. The number of hydrogen-bond acceptors (Lipinski definition) is 1. The summed E-state index contributed by atoms with van der Waals surface area (Å²) in [5, 5.41) is 0. The molecule has 0 aromatic heterocycles. The zero-order chi connectivity index (χ0) is 11.0. The first-order valence-corrected chi connectivity index (χ1v) is 5.96. The number of carbonyl (C=O) groups excluding carboxylic acids is 1. The maximum Gasteiger partial charge on any atom is 0.155 e. The number of fused-ring (bicyclic) bond motifs is 1. The smallest absolute Gasteiger partial charge is 0.155 e. The lowest BCUT2D eigenvalue weighted by Crippen LogP contribution is -2.29. The standard InChI is InChI=1S/C14H20O/c1-9(2)11-4-5-12-7-13(15)6-10(3)14(12)8-11/h7,10-11,14H,1,4-6,8H2,2-3H3. The fraction of sp³-hybridized carbons (Fsp3) is 0.643. The van der Waals surface area contributed by atoms with E-state index < -0.39 is 0 Å². The van der Waals surface area contributed by atoms with Crippen LogP contribution in [0.15, 0.2) is 23.8 Å². The molecular weight excluding hydrogens is 184 g/mol. The Hall–Kier alpha value is -0.850. The van der Waals surface area contributed by atoms with Crippen LogP contribution in [0.3, 0.4) is 0 Å². The number of hydrogen-bond donors (Lipinski definition) is 0. The van der Waals surface area contributed by atoms with Crippen molar-refractivity contribution in [3.8, 4) is 0 Å². The van der Waals surface area contributed by atoms with E-state index in [0.29, 0.717) is 23.5 Å². The molecular formula is C14H20O. The first-order chi connectivity index (χ1) is 7.08. The van der Waals surface area contributed by atoms with Crippen molar-refractivity contribution in [1.82, 2.24) is 0 Å². The number of allylic oxidation sites excluding steroid dienone is 3. The van der Waals surface area contributed by atoms with Crippen molar-refractivity contribution in [2.45, 2.75) is 39.5 Å². The Morgan fingerprint density at radius 2 is 2.27 bits per heavy atom. The monoisotopic (exact) mass is 204 g/mol. The van der Waals surface area contributed by atoms with Gasteiger partial charge in [0.05, 0.1) is 0 Å². The maximum atomic E-state index is 11.4. The molecule has 2 aliphatic rings. The molecule has 2 aliphatic carbocycles. The van der Waals surface area contributed by atoms with Crippen LogP contribution < -0.4 is 0 Å². The quantitative estimate of drug-likeness (QED) is 0.597. The van der Waals surface area contributed by atoms with Crippen molar-refractivity contribution in [3.05, 3.63) is 23.8 Å². The third kappa shape index (κ3) is 2.06. The molecule has 0 aromatic rings. The van der Waals surface area contributed by atoms with Crippen LogP contribution >= 0.6 is 0 Å². The predicted octanol–water partition coefficient (Wildman–Crippen LogP) is 3.51. The van der Waals surface area contributed by atoms with Gasteiger partial charge in [0, 0.05) is 6.42 Å². The van der Waals surface area contributed by atoms with Crippen LogP contribution in [0, 0.1) is 17.8 Å². The van der Waals surface area contributed by atoms with Crippen LogP contribution in [0.4, 0.5) is 0 Å². The molecule has 0 aliphatic heterocycles. The second kappa shape index (κ2) is 3.96. The lowest BCUT2D eigenvalue weighted by molar-refractivity contribution is -0.116. The second-order valence-electron chi connectivity index (χ2n) is 5.29. The molecule has 0 aromatic carbocycles. The second-order valence-corrected chi connectivity index (χ2v) is 5.29. The topological polar surface area (TPSA) is 17.1 Å². The Morgan fingerprint density at radius 1 is 1.53 bits per heavy atom. The van der Waals surface area contributed by atoms with Crippen molar-refractivity contribution >= 4 is 5.78 Å². The van der Waals surface area contributed by atoms with Gasteiger partial charge in [0.2, 0.25) is 0 Å².